The van der Waals surface area contributed by atoms with Crippen LogP contribution in [0.15, 0.2) is 162 Å². The van der Waals surface area contributed by atoms with Crippen LogP contribution >= 0.6 is 0 Å². The molecular weight excluding hydrogens is 621 g/mol. The molecule has 11 aromatic rings. The Kier molecular flexibility index (Phi) is 5.34. The van der Waals surface area contributed by atoms with Crippen molar-refractivity contribution in [2.45, 2.75) is 12.8 Å². The van der Waals surface area contributed by atoms with Gasteiger partial charge in [-0.05, 0) is 94.4 Å². The average molecular weight is 651 g/mol. The lowest BCUT2D eigenvalue weighted by atomic mass is 9.80. The molecule has 238 valence electrons. The zero-order valence-corrected chi connectivity index (χ0v) is 27.7. The fraction of sp³-hybridized carbons (Fsp3) is 0.0417. The summed E-state index contributed by atoms with van der Waals surface area (Å²) in [5.41, 5.74) is 14.8. The quantitative estimate of drug-likeness (QED) is 0.183. The summed E-state index contributed by atoms with van der Waals surface area (Å²) in [6.45, 7) is 0. The molecule has 3 aromatic heterocycles. The second-order valence-corrected chi connectivity index (χ2v) is 14.0. The van der Waals surface area contributed by atoms with Crippen LogP contribution in [0.5, 0.6) is 0 Å². The summed E-state index contributed by atoms with van der Waals surface area (Å²) in [5, 5.41) is 10.2. The van der Waals surface area contributed by atoms with E-state index in [0.717, 1.165) is 40.5 Å². The summed E-state index contributed by atoms with van der Waals surface area (Å²) in [7, 11) is 0. The van der Waals surface area contributed by atoms with E-state index < -0.39 is 0 Å². The Hall–Kier alpha value is -6.58. The molecule has 0 unspecified atom stereocenters. The Labute approximate surface area is 293 Å². The highest BCUT2D eigenvalue weighted by Gasteiger charge is 2.30. The lowest BCUT2D eigenvalue weighted by Gasteiger charge is -2.24. The Morgan fingerprint density at radius 3 is 1.55 bits per heavy atom. The molecule has 0 radical (unpaired) electrons. The molecule has 3 heteroatoms. The molecule has 51 heavy (non-hydrogen) atoms. The first kappa shape index (κ1) is 27.3. The molecule has 1 aliphatic rings. The lowest BCUT2D eigenvalue weighted by molar-refractivity contribution is 0.669. The van der Waals surface area contributed by atoms with Gasteiger partial charge >= 0.3 is 0 Å². The largest absolute Gasteiger partial charge is 0.456 e. The van der Waals surface area contributed by atoms with E-state index in [9.17, 15) is 0 Å². The molecule has 3 heterocycles. The fourth-order valence-electron chi connectivity index (χ4n) is 9.24. The SMILES string of the molecule is c1ccc(-n2c3ccccc3c3c4c(c5c6ccccc6n(-c6ccc7oc8ccccc8c7c6)c5c32)Cc2cc3ccccc3cc2C4)cc1. The van der Waals surface area contributed by atoms with Crippen LogP contribution in [0.4, 0.5) is 0 Å². The molecule has 12 rings (SSSR count). The van der Waals surface area contributed by atoms with E-state index in [1.54, 1.807) is 0 Å². The molecular formula is C48H30N2O. The van der Waals surface area contributed by atoms with Gasteiger partial charge in [0, 0.05) is 43.7 Å². The van der Waals surface area contributed by atoms with Gasteiger partial charge in [0.2, 0.25) is 0 Å². The second-order valence-electron chi connectivity index (χ2n) is 14.0. The van der Waals surface area contributed by atoms with Crippen LogP contribution in [-0.4, -0.2) is 9.13 Å². The molecule has 3 nitrogen and oxygen atoms in total. The molecule has 0 saturated heterocycles. The monoisotopic (exact) mass is 650 g/mol. The van der Waals surface area contributed by atoms with E-state index in [-0.39, 0.29) is 0 Å². The van der Waals surface area contributed by atoms with Crippen LogP contribution in [0, 0.1) is 0 Å². The van der Waals surface area contributed by atoms with E-state index in [2.05, 4.69) is 161 Å². The second kappa shape index (κ2) is 9.99. The molecule has 8 aromatic carbocycles. The van der Waals surface area contributed by atoms with Gasteiger partial charge in [0.15, 0.2) is 0 Å². The van der Waals surface area contributed by atoms with Gasteiger partial charge < -0.3 is 13.6 Å². The third kappa shape index (κ3) is 3.67. The molecule has 0 aliphatic heterocycles. The molecule has 0 fully saturated rings. The minimum Gasteiger partial charge on any atom is -0.456 e. The highest BCUT2D eigenvalue weighted by molar-refractivity contribution is 6.26. The van der Waals surface area contributed by atoms with Gasteiger partial charge in [-0.2, -0.15) is 0 Å². The van der Waals surface area contributed by atoms with E-state index in [1.165, 1.54) is 82.3 Å². The van der Waals surface area contributed by atoms with Crippen molar-refractivity contribution in [2.75, 3.05) is 0 Å². The molecule has 0 spiro atoms. The zero-order valence-electron chi connectivity index (χ0n) is 27.7. The van der Waals surface area contributed by atoms with Crippen LogP contribution < -0.4 is 0 Å². The number of nitrogens with zero attached hydrogens (tertiary/aromatic N) is 2. The standard InChI is InChI=1S/C48H30N2O/c1-2-14-33(15-3-1)49-41-19-9-6-17-36(41)45-39-26-31-24-29-12-4-5-13-30(29)25-32(31)27-40(39)46-37-18-7-10-20-42(37)50(48(46)47(45)49)34-22-23-44-38(28-34)35-16-8-11-21-43(35)51-44/h1-25,28H,26-27H2. The van der Waals surface area contributed by atoms with Gasteiger partial charge in [-0.3, -0.25) is 0 Å². The van der Waals surface area contributed by atoms with Gasteiger partial charge in [0.05, 0.1) is 22.1 Å². The van der Waals surface area contributed by atoms with E-state index in [0.29, 0.717) is 0 Å². The van der Waals surface area contributed by atoms with Gasteiger partial charge in [-0.15, -0.1) is 0 Å². The van der Waals surface area contributed by atoms with Gasteiger partial charge in [0.1, 0.15) is 11.2 Å². The Balaban J connectivity index is 1.30. The Bertz CT molecular complexity index is 3250. The first-order chi connectivity index (χ1) is 25.3. The highest BCUT2D eigenvalue weighted by atomic mass is 16.3. The Morgan fingerprint density at radius 1 is 0.392 bits per heavy atom. The predicted molar refractivity (Wildman–Crippen MR) is 212 cm³/mol. The highest BCUT2D eigenvalue weighted by Crippen LogP contribution is 2.49. The molecule has 0 amide bonds. The van der Waals surface area contributed by atoms with Gasteiger partial charge in [-0.1, -0.05) is 109 Å². The fourth-order valence-corrected chi connectivity index (χ4v) is 9.24. The maximum atomic E-state index is 6.31. The predicted octanol–water partition coefficient (Wildman–Crippen LogP) is 12.4. The molecule has 0 N–H and O–H groups in total. The van der Waals surface area contributed by atoms with Crippen molar-refractivity contribution in [3.8, 4) is 11.4 Å². The molecule has 0 saturated carbocycles. The van der Waals surface area contributed by atoms with E-state index in [1.807, 2.05) is 6.07 Å². The number of hydrogen-bond donors (Lipinski definition) is 0. The maximum absolute atomic E-state index is 6.31. The van der Waals surface area contributed by atoms with E-state index >= 15 is 0 Å². The summed E-state index contributed by atoms with van der Waals surface area (Å²) in [4.78, 5) is 0. The van der Waals surface area contributed by atoms with Gasteiger partial charge in [0.25, 0.3) is 0 Å². The third-order valence-electron chi connectivity index (χ3n) is 11.4. The van der Waals surface area contributed by atoms with Crippen molar-refractivity contribution in [3.05, 3.63) is 180 Å². The summed E-state index contributed by atoms with van der Waals surface area (Å²) in [5.74, 6) is 0. The molecule has 1 aliphatic carbocycles. The number of hydrogen-bond acceptors (Lipinski definition) is 1. The van der Waals surface area contributed by atoms with Crippen LogP contribution in [0.3, 0.4) is 0 Å². The minimum atomic E-state index is 0.895. The van der Waals surface area contributed by atoms with Crippen molar-refractivity contribution in [2.24, 2.45) is 0 Å². The first-order valence-electron chi connectivity index (χ1n) is 17.8. The normalized spacial score (nSPS) is 12.9. The summed E-state index contributed by atoms with van der Waals surface area (Å²) in [6, 6.07) is 57.7. The van der Waals surface area contributed by atoms with Crippen molar-refractivity contribution in [1.29, 1.82) is 0 Å². The van der Waals surface area contributed by atoms with Crippen molar-refractivity contribution >= 4 is 76.3 Å². The number of aromatic nitrogens is 2. The topological polar surface area (TPSA) is 23.0 Å². The number of para-hydroxylation sites is 4. The van der Waals surface area contributed by atoms with E-state index in [4.69, 9.17) is 4.42 Å². The molecule has 0 atom stereocenters. The lowest BCUT2D eigenvalue weighted by Crippen LogP contribution is -2.10. The number of rotatable bonds is 2. The zero-order chi connectivity index (χ0) is 33.2. The molecule has 0 bridgehead atoms. The summed E-state index contributed by atoms with van der Waals surface area (Å²) in [6.07, 6.45) is 1.80. The minimum absolute atomic E-state index is 0.895. The van der Waals surface area contributed by atoms with Crippen LogP contribution in [0.1, 0.15) is 22.3 Å². The summed E-state index contributed by atoms with van der Waals surface area (Å²) < 4.78 is 11.4. The number of furan rings is 1. The Morgan fingerprint density at radius 2 is 0.902 bits per heavy atom. The van der Waals surface area contributed by atoms with Crippen molar-refractivity contribution in [1.82, 2.24) is 9.13 Å². The van der Waals surface area contributed by atoms with Crippen LogP contribution in [0.2, 0.25) is 0 Å². The first-order valence-corrected chi connectivity index (χ1v) is 17.8. The van der Waals surface area contributed by atoms with Crippen LogP contribution in [-0.2, 0) is 12.8 Å². The average Bonchev–Trinajstić information content (AvgIpc) is 3.85. The van der Waals surface area contributed by atoms with Gasteiger partial charge in [-0.25, -0.2) is 0 Å². The number of benzene rings is 8. The maximum Gasteiger partial charge on any atom is 0.135 e. The smallest absolute Gasteiger partial charge is 0.135 e. The van der Waals surface area contributed by atoms with Crippen molar-refractivity contribution < 1.29 is 4.42 Å². The number of fused-ring (bicyclic) bond motifs is 15. The van der Waals surface area contributed by atoms with Crippen molar-refractivity contribution in [3.63, 3.8) is 0 Å². The van der Waals surface area contributed by atoms with Crippen LogP contribution in [0.25, 0.3) is 87.7 Å². The summed E-state index contributed by atoms with van der Waals surface area (Å²) >= 11 is 0. The third-order valence-corrected chi connectivity index (χ3v) is 11.4.